The Labute approximate surface area is 116 Å². The smallest absolute Gasteiger partial charge is 0.241 e. The number of hydrogen-bond acceptors (Lipinski definition) is 4. The average Bonchev–Trinajstić information content (AvgIpc) is 2.43. The molecule has 0 aliphatic rings. The Balaban J connectivity index is 2.23. The third-order valence-corrected chi connectivity index (χ3v) is 4.26. The van der Waals surface area contributed by atoms with E-state index in [1.807, 2.05) is 0 Å². The first kappa shape index (κ1) is 14.4. The number of benzene rings is 1. The lowest BCUT2D eigenvalue weighted by Gasteiger charge is -2.09. The van der Waals surface area contributed by atoms with Crippen LogP contribution in [0, 0.1) is 12.7 Å². The second-order valence-electron chi connectivity index (χ2n) is 4.30. The van der Waals surface area contributed by atoms with Crippen molar-refractivity contribution in [3.8, 4) is 0 Å². The zero-order valence-corrected chi connectivity index (χ0v) is 11.6. The summed E-state index contributed by atoms with van der Waals surface area (Å²) in [6.45, 7) is 1.59. The lowest BCUT2D eigenvalue weighted by Crippen LogP contribution is -2.23. The monoisotopic (exact) mass is 295 g/mol. The van der Waals surface area contributed by atoms with E-state index in [1.165, 1.54) is 13.0 Å². The third-order valence-electron chi connectivity index (χ3n) is 2.88. The second-order valence-corrected chi connectivity index (χ2v) is 6.07. The Bertz CT molecular complexity index is 695. The fraction of sp³-hybridized carbons (Fsp3) is 0.154. The van der Waals surface area contributed by atoms with Crippen molar-refractivity contribution in [2.24, 2.45) is 0 Å². The lowest BCUT2D eigenvalue weighted by molar-refractivity contribution is 0.576. The molecular formula is C13H14FN3O2S. The van der Waals surface area contributed by atoms with Crippen LogP contribution in [0.1, 0.15) is 11.1 Å². The van der Waals surface area contributed by atoms with Crippen LogP contribution in [0.4, 0.5) is 10.1 Å². The molecule has 0 unspecified atom stereocenters. The lowest BCUT2D eigenvalue weighted by atomic mass is 10.2. The molecule has 1 aromatic carbocycles. The van der Waals surface area contributed by atoms with Gasteiger partial charge in [0.2, 0.25) is 10.0 Å². The van der Waals surface area contributed by atoms with Crippen LogP contribution < -0.4 is 10.5 Å². The first-order valence-electron chi connectivity index (χ1n) is 5.84. The highest BCUT2D eigenvalue weighted by Crippen LogP contribution is 2.20. The van der Waals surface area contributed by atoms with Crippen molar-refractivity contribution >= 4 is 15.7 Å². The minimum Gasteiger partial charge on any atom is -0.398 e. The molecule has 0 saturated carbocycles. The molecule has 0 spiro atoms. The van der Waals surface area contributed by atoms with Crippen molar-refractivity contribution in [2.75, 3.05) is 5.73 Å². The molecule has 2 rings (SSSR count). The largest absolute Gasteiger partial charge is 0.398 e. The molecule has 0 bridgehead atoms. The number of sulfonamides is 1. The predicted octanol–water partition coefficient (Wildman–Crippen LogP) is 1.59. The number of nitrogen functional groups attached to an aromatic ring is 1. The van der Waals surface area contributed by atoms with Crippen LogP contribution in [0.25, 0.3) is 0 Å². The molecule has 106 valence electrons. The minimum absolute atomic E-state index is 0.0975. The van der Waals surface area contributed by atoms with Gasteiger partial charge < -0.3 is 5.73 Å². The Morgan fingerprint density at radius 3 is 2.55 bits per heavy atom. The number of nitrogens with one attached hydrogen (secondary N) is 1. The van der Waals surface area contributed by atoms with Gasteiger partial charge in [-0.2, -0.15) is 0 Å². The Hall–Kier alpha value is -1.99. The SMILES string of the molecule is Cc1c(N)cc(S(=O)(=O)NCc2ccncc2)cc1F. The van der Waals surface area contributed by atoms with Gasteiger partial charge in [0.05, 0.1) is 4.90 Å². The molecule has 0 atom stereocenters. The van der Waals surface area contributed by atoms with Crippen LogP contribution in [-0.4, -0.2) is 13.4 Å². The van der Waals surface area contributed by atoms with E-state index in [9.17, 15) is 12.8 Å². The van der Waals surface area contributed by atoms with Crippen molar-refractivity contribution in [1.29, 1.82) is 0 Å². The van der Waals surface area contributed by atoms with Crippen LogP contribution >= 0.6 is 0 Å². The number of aromatic nitrogens is 1. The number of rotatable bonds is 4. The van der Waals surface area contributed by atoms with Gasteiger partial charge in [0.25, 0.3) is 0 Å². The number of hydrogen-bond donors (Lipinski definition) is 2. The number of halogens is 1. The van der Waals surface area contributed by atoms with Crippen molar-refractivity contribution < 1.29 is 12.8 Å². The molecule has 2 aromatic rings. The summed E-state index contributed by atoms with van der Waals surface area (Å²) < 4.78 is 40.1. The summed E-state index contributed by atoms with van der Waals surface area (Å²) in [6.07, 6.45) is 3.13. The molecule has 0 amide bonds. The molecule has 5 nitrogen and oxygen atoms in total. The van der Waals surface area contributed by atoms with E-state index < -0.39 is 15.8 Å². The Morgan fingerprint density at radius 1 is 1.30 bits per heavy atom. The zero-order valence-electron chi connectivity index (χ0n) is 10.8. The highest BCUT2D eigenvalue weighted by Gasteiger charge is 2.17. The minimum atomic E-state index is -3.81. The molecule has 0 radical (unpaired) electrons. The van der Waals surface area contributed by atoms with Crippen molar-refractivity contribution in [1.82, 2.24) is 9.71 Å². The highest BCUT2D eigenvalue weighted by atomic mass is 32.2. The van der Waals surface area contributed by atoms with Crippen LogP contribution in [0.3, 0.4) is 0 Å². The van der Waals surface area contributed by atoms with Gasteiger partial charge in [-0.3, -0.25) is 4.98 Å². The van der Waals surface area contributed by atoms with Gasteiger partial charge in [0.1, 0.15) is 5.82 Å². The summed E-state index contributed by atoms with van der Waals surface area (Å²) in [5.74, 6) is -0.644. The Kier molecular flexibility index (Phi) is 4.01. The predicted molar refractivity (Wildman–Crippen MR) is 73.8 cm³/mol. The molecule has 20 heavy (non-hydrogen) atoms. The first-order valence-corrected chi connectivity index (χ1v) is 7.32. The van der Waals surface area contributed by atoms with Crippen LogP contribution in [0.2, 0.25) is 0 Å². The van der Waals surface area contributed by atoms with Gasteiger partial charge in [0, 0.05) is 30.2 Å². The van der Waals surface area contributed by atoms with Gasteiger partial charge in [-0.25, -0.2) is 17.5 Å². The summed E-state index contributed by atoms with van der Waals surface area (Å²) in [5, 5.41) is 0. The van der Waals surface area contributed by atoms with Crippen molar-refractivity contribution in [3.63, 3.8) is 0 Å². The molecule has 0 aliphatic heterocycles. The zero-order chi connectivity index (χ0) is 14.8. The van der Waals surface area contributed by atoms with Crippen LogP contribution in [0.5, 0.6) is 0 Å². The average molecular weight is 295 g/mol. The molecule has 0 fully saturated rings. The highest BCUT2D eigenvalue weighted by molar-refractivity contribution is 7.89. The third kappa shape index (κ3) is 3.12. The van der Waals surface area contributed by atoms with Gasteiger partial charge in [-0.1, -0.05) is 0 Å². The van der Waals surface area contributed by atoms with E-state index in [0.717, 1.165) is 11.6 Å². The normalized spacial score (nSPS) is 11.5. The van der Waals surface area contributed by atoms with Crippen molar-refractivity contribution in [3.05, 3.63) is 53.6 Å². The van der Waals surface area contributed by atoms with Gasteiger partial charge in [-0.05, 0) is 36.8 Å². The van der Waals surface area contributed by atoms with E-state index in [0.29, 0.717) is 0 Å². The second kappa shape index (κ2) is 5.56. The molecule has 1 heterocycles. The quantitative estimate of drug-likeness (QED) is 0.839. The number of pyridine rings is 1. The molecular weight excluding hydrogens is 281 g/mol. The van der Waals surface area contributed by atoms with Gasteiger partial charge >= 0.3 is 0 Å². The first-order chi connectivity index (χ1) is 9.40. The molecule has 7 heteroatoms. The van der Waals surface area contributed by atoms with Gasteiger partial charge in [0.15, 0.2) is 0 Å². The van der Waals surface area contributed by atoms with E-state index in [-0.39, 0.29) is 22.7 Å². The standard InChI is InChI=1S/C13H14FN3O2S/c1-9-12(14)6-11(7-13(9)15)20(18,19)17-8-10-2-4-16-5-3-10/h2-7,17H,8,15H2,1H3. The molecule has 0 aliphatic carbocycles. The van der Waals surface area contributed by atoms with E-state index in [2.05, 4.69) is 9.71 Å². The number of nitrogens with zero attached hydrogens (tertiary/aromatic N) is 1. The number of nitrogens with two attached hydrogens (primary N) is 1. The van der Waals surface area contributed by atoms with Crippen LogP contribution in [-0.2, 0) is 16.6 Å². The fourth-order valence-corrected chi connectivity index (χ4v) is 2.66. The maximum atomic E-state index is 13.6. The fourth-order valence-electron chi connectivity index (χ4n) is 1.59. The topological polar surface area (TPSA) is 85.1 Å². The van der Waals surface area contributed by atoms with E-state index in [1.54, 1.807) is 24.5 Å². The van der Waals surface area contributed by atoms with E-state index in [4.69, 9.17) is 5.73 Å². The van der Waals surface area contributed by atoms with Gasteiger partial charge in [-0.15, -0.1) is 0 Å². The summed E-state index contributed by atoms with van der Waals surface area (Å²) in [6, 6.07) is 5.58. The molecule has 1 aromatic heterocycles. The van der Waals surface area contributed by atoms with Crippen LogP contribution in [0.15, 0.2) is 41.6 Å². The molecule has 3 N–H and O–H groups in total. The summed E-state index contributed by atoms with van der Waals surface area (Å²) >= 11 is 0. The summed E-state index contributed by atoms with van der Waals surface area (Å²) in [7, 11) is -3.81. The Morgan fingerprint density at radius 2 is 1.95 bits per heavy atom. The van der Waals surface area contributed by atoms with E-state index >= 15 is 0 Å². The maximum Gasteiger partial charge on any atom is 0.241 e. The number of anilines is 1. The maximum absolute atomic E-state index is 13.6. The van der Waals surface area contributed by atoms with Crippen molar-refractivity contribution in [2.45, 2.75) is 18.4 Å². The summed E-state index contributed by atoms with van der Waals surface area (Å²) in [4.78, 5) is 3.65. The molecule has 0 saturated heterocycles. The summed E-state index contributed by atoms with van der Waals surface area (Å²) in [5.41, 5.74) is 6.68.